The second-order valence-corrected chi connectivity index (χ2v) is 9.79. The first-order valence-electron chi connectivity index (χ1n) is 12.5. The zero-order valence-corrected chi connectivity index (χ0v) is 20.4. The minimum atomic E-state index is -2.95. The molecule has 3 aromatic rings. The van der Waals surface area contributed by atoms with Crippen LogP contribution < -0.4 is 9.47 Å². The highest BCUT2D eigenvalue weighted by molar-refractivity contribution is 5.46. The van der Waals surface area contributed by atoms with Gasteiger partial charge in [-0.05, 0) is 43.9 Å². The maximum atomic E-state index is 11.8. The predicted molar refractivity (Wildman–Crippen MR) is 133 cm³/mol. The van der Waals surface area contributed by atoms with Crippen LogP contribution in [0.15, 0.2) is 78.9 Å². The molecule has 37 heavy (non-hydrogen) atoms. The van der Waals surface area contributed by atoms with Gasteiger partial charge in [0.05, 0.1) is 6.10 Å². The van der Waals surface area contributed by atoms with Crippen molar-refractivity contribution in [3.63, 3.8) is 0 Å². The summed E-state index contributed by atoms with van der Waals surface area (Å²) < 4.78 is 16.9. The maximum Gasteiger partial charge on any atom is 0.246 e. The van der Waals surface area contributed by atoms with Crippen molar-refractivity contribution in [2.24, 2.45) is 5.92 Å². The van der Waals surface area contributed by atoms with Gasteiger partial charge in [-0.25, -0.2) is 0 Å². The van der Waals surface area contributed by atoms with Crippen molar-refractivity contribution in [2.45, 2.75) is 55.6 Å². The summed E-state index contributed by atoms with van der Waals surface area (Å²) in [5.74, 6) is -7.59. The molecule has 1 aliphatic heterocycles. The molecule has 2 unspecified atom stereocenters. The normalized spacial score (nSPS) is 20.5. The topological polar surface area (TPSA) is 129 Å². The summed E-state index contributed by atoms with van der Waals surface area (Å²) in [5, 5.41) is 55.7. The van der Waals surface area contributed by atoms with Crippen molar-refractivity contribution in [1.82, 2.24) is 0 Å². The van der Waals surface area contributed by atoms with Gasteiger partial charge in [-0.15, -0.1) is 0 Å². The van der Waals surface area contributed by atoms with Crippen molar-refractivity contribution < 1.29 is 39.7 Å². The molecule has 5 N–H and O–H groups in total. The Balaban J connectivity index is 1.34. The van der Waals surface area contributed by atoms with E-state index in [0.717, 1.165) is 0 Å². The van der Waals surface area contributed by atoms with E-state index in [1.54, 1.807) is 24.3 Å². The number of aliphatic hydroxyl groups is 5. The first kappa shape index (κ1) is 25.7. The Morgan fingerprint density at radius 1 is 0.649 bits per heavy atom. The summed E-state index contributed by atoms with van der Waals surface area (Å²) >= 11 is 0. The van der Waals surface area contributed by atoms with Crippen LogP contribution in [0.3, 0.4) is 0 Å². The van der Waals surface area contributed by atoms with E-state index in [-0.39, 0.29) is 18.8 Å². The highest BCUT2D eigenvalue weighted by Gasteiger charge is 2.54. The second kappa shape index (κ2) is 10.1. The minimum Gasteiger partial charge on any atom is -0.454 e. The third kappa shape index (κ3) is 4.84. The van der Waals surface area contributed by atoms with E-state index in [2.05, 4.69) is 0 Å². The van der Waals surface area contributed by atoms with Gasteiger partial charge < -0.3 is 39.7 Å². The molecule has 8 heteroatoms. The molecule has 196 valence electrons. The standard InChI is InChI=1S/C29H32O8/c30-27(20-8-3-1-4-9-20,21-10-5-2-6-11-21)37-24-13-7-12-22(14-16-24)28(31,32)29(33,34)23-15-17-25-26(18-23)36-19-35-25/h1-6,8-11,15,17-18,22,24,30-34H,7,12-14,16,19H2. The molecule has 5 rings (SSSR count). The van der Waals surface area contributed by atoms with Crippen molar-refractivity contribution >= 4 is 0 Å². The van der Waals surface area contributed by atoms with E-state index in [1.807, 2.05) is 36.4 Å². The zero-order chi connectivity index (χ0) is 26.1. The lowest BCUT2D eigenvalue weighted by atomic mass is 9.82. The Labute approximate surface area is 215 Å². The van der Waals surface area contributed by atoms with Crippen LogP contribution in [0.5, 0.6) is 11.5 Å². The predicted octanol–water partition coefficient (Wildman–Crippen LogP) is 3.09. The SMILES string of the molecule is OC(OC1CCCC(C(O)(O)C(O)(O)c2ccc3c(c2)OCO3)CC1)(c1ccccc1)c1ccccc1. The van der Waals surface area contributed by atoms with Gasteiger partial charge in [0, 0.05) is 22.6 Å². The zero-order valence-electron chi connectivity index (χ0n) is 20.4. The molecular formula is C29H32O8. The molecule has 1 heterocycles. The van der Waals surface area contributed by atoms with Gasteiger partial charge in [0.25, 0.3) is 0 Å². The molecule has 0 bridgehead atoms. The third-order valence-corrected chi connectivity index (χ3v) is 7.44. The quantitative estimate of drug-likeness (QED) is 0.243. The van der Waals surface area contributed by atoms with Gasteiger partial charge in [0.15, 0.2) is 11.5 Å². The van der Waals surface area contributed by atoms with E-state index in [0.29, 0.717) is 48.3 Å². The van der Waals surface area contributed by atoms with Crippen LogP contribution in [-0.2, 0) is 16.3 Å². The van der Waals surface area contributed by atoms with Crippen molar-refractivity contribution in [3.8, 4) is 11.5 Å². The Morgan fingerprint density at radius 3 is 1.92 bits per heavy atom. The van der Waals surface area contributed by atoms with Crippen LogP contribution in [0.2, 0.25) is 0 Å². The maximum absolute atomic E-state index is 11.8. The highest BCUT2D eigenvalue weighted by Crippen LogP contribution is 2.44. The van der Waals surface area contributed by atoms with Crippen molar-refractivity contribution in [1.29, 1.82) is 0 Å². The molecular weight excluding hydrogens is 476 g/mol. The molecule has 0 saturated heterocycles. The van der Waals surface area contributed by atoms with Crippen molar-refractivity contribution in [3.05, 3.63) is 95.6 Å². The number of hydrogen-bond donors (Lipinski definition) is 5. The highest BCUT2D eigenvalue weighted by atomic mass is 16.7. The van der Waals surface area contributed by atoms with Crippen LogP contribution in [0.4, 0.5) is 0 Å². The monoisotopic (exact) mass is 508 g/mol. The average Bonchev–Trinajstić information content (AvgIpc) is 3.26. The van der Waals surface area contributed by atoms with Crippen molar-refractivity contribution in [2.75, 3.05) is 6.79 Å². The summed E-state index contributed by atoms with van der Waals surface area (Å²) in [6.07, 6.45) is 1.65. The smallest absolute Gasteiger partial charge is 0.246 e. The lowest BCUT2D eigenvalue weighted by molar-refractivity contribution is -0.386. The van der Waals surface area contributed by atoms with Gasteiger partial charge in [0.1, 0.15) is 0 Å². The number of rotatable bonds is 7. The first-order valence-corrected chi connectivity index (χ1v) is 12.5. The lowest BCUT2D eigenvalue weighted by Crippen LogP contribution is -2.56. The van der Waals surface area contributed by atoms with Gasteiger partial charge in [-0.2, -0.15) is 0 Å². The fraction of sp³-hybridized carbons (Fsp3) is 0.379. The first-order chi connectivity index (χ1) is 17.7. The largest absolute Gasteiger partial charge is 0.454 e. The molecule has 0 spiro atoms. The second-order valence-electron chi connectivity index (χ2n) is 9.79. The Hall–Kier alpha value is -2.98. The Kier molecular flexibility index (Phi) is 6.97. The molecule has 1 aliphatic carbocycles. The molecule has 0 radical (unpaired) electrons. The fourth-order valence-corrected chi connectivity index (χ4v) is 5.27. The van der Waals surface area contributed by atoms with Crippen LogP contribution in [0, 0.1) is 5.92 Å². The summed E-state index contributed by atoms with van der Waals surface area (Å²) in [5.41, 5.74) is 1.07. The van der Waals surface area contributed by atoms with E-state index in [1.165, 1.54) is 18.2 Å². The molecule has 3 aromatic carbocycles. The minimum absolute atomic E-state index is 0.00829. The van der Waals surface area contributed by atoms with E-state index < -0.39 is 29.4 Å². The summed E-state index contributed by atoms with van der Waals surface area (Å²) in [6, 6.07) is 22.5. The van der Waals surface area contributed by atoms with Crippen LogP contribution in [0.1, 0.15) is 48.8 Å². The van der Waals surface area contributed by atoms with Gasteiger partial charge in [0.2, 0.25) is 24.2 Å². The van der Waals surface area contributed by atoms with Gasteiger partial charge in [-0.3, -0.25) is 0 Å². The molecule has 0 amide bonds. The number of benzene rings is 3. The van der Waals surface area contributed by atoms with Gasteiger partial charge in [-0.1, -0.05) is 67.1 Å². The summed E-state index contributed by atoms with van der Waals surface area (Å²) in [7, 11) is 0. The van der Waals surface area contributed by atoms with E-state index in [4.69, 9.17) is 14.2 Å². The molecule has 1 saturated carbocycles. The lowest BCUT2D eigenvalue weighted by Gasteiger charge is -2.40. The Bertz CT molecular complexity index is 1160. The number of ether oxygens (including phenoxy) is 3. The molecule has 2 atom stereocenters. The number of fused-ring (bicyclic) bond motifs is 1. The van der Waals surface area contributed by atoms with Crippen LogP contribution >= 0.6 is 0 Å². The average molecular weight is 509 g/mol. The van der Waals surface area contributed by atoms with E-state index in [9.17, 15) is 25.5 Å². The summed E-state index contributed by atoms with van der Waals surface area (Å²) in [6.45, 7) is 0.00829. The van der Waals surface area contributed by atoms with E-state index >= 15 is 0 Å². The molecule has 2 aliphatic rings. The third-order valence-electron chi connectivity index (χ3n) is 7.44. The fourth-order valence-electron chi connectivity index (χ4n) is 5.27. The van der Waals surface area contributed by atoms with Gasteiger partial charge >= 0.3 is 0 Å². The number of hydrogen-bond acceptors (Lipinski definition) is 8. The Morgan fingerprint density at radius 2 is 1.27 bits per heavy atom. The van der Waals surface area contributed by atoms with Crippen LogP contribution in [-0.4, -0.2) is 44.2 Å². The molecule has 0 aromatic heterocycles. The van der Waals surface area contributed by atoms with Crippen LogP contribution in [0.25, 0.3) is 0 Å². The molecule has 1 fully saturated rings. The molecule has 8 nitrogen and oxygen atoms in total. The summed E-state index contributed by atoms with van der Waals surface area (Å²) in [4.78, 5) is 0.